The molecule has 0 fully saturated rings. The first-order chi connectivity index (χ1) is 8.87. The molecule has 2 rings (SSSR count). The van der Waals surface area contributed by atoms with Crippen LogP contribution >= 0.6 is 0 Å². The standard InChI is InChI=1S/C7H6F3NO.C6H6O/c8-7(9,10)12-6-3-1-5(11)2-4-6;7-6-4-2-1-3-5-6/h1-4H,11H2;1-5,7H. The van der Waals surface area contributed by atoms with Crippen LogP contribution in [0.5, 0.6) is 11.5 Å². The van der Waals surface area contributed by atoms with Gasteiger partial charge in [0.2, 0.25) is 0 Å². The Morgan fingerprint density at radius 1 is 0.895 bits per heavy atom. The molecule has 0 atom stereocenters. The van der Waals surface area contributed by atoms with Crippen LogP contribution in [0.25, 0.3) is 0 Å². The van der Waals surface area contributed by atoms with Crippen LogP contribution in [0.2, 0.25) is 0 Å². The predicted molar refractivity (Wildman–Crippen MR) is 65.6 cm³/mol. The number of anilines is 1. The number of hydrogen-bond acceptors (Lipinski definition) is 3. The summed E-state index contributed by atoms with van der Waals surface area (Å²) >= 11 is 0. The minimum Gasteiger partial charge on any atom is -0.508 e. The second-order valence-corrected chi connectivity index (χ2v) is 3.45. The Morgan fingerprint density at radius 2 is 1.42 bits per heavy atom. The van der Waals surface area contributed by atoms with E-state index in [1.54, 1.807) is 24.3 Å². The van der Waals surface area contributed by atoms with E-state index in [9.17, 15) is 13.2 Å². The van der Waals surface area contributed by atoms with Gasteiger partial charge in [-0.2, -0.15) is 0 Å². The van der Waals surface area contributed by atoms with Gasteiger partial charge in [-0.3, -0.25) is 0 Å². The molecule has 0 amide bonds. The van der Waals surface area contributed by atoms with Gasteiger partial charge in [-0.25, -0.2) is 0 Å². The number of phenols is 1. The summed E-state index contributed by atoms with van der Waals surface area (Å²) in [4.78, 5) is 0. The molecule has 0 aliphatic rings. The van der Waals surface area contributed by atoms with Crippen molar-refractivity contribution in [1.29, 1.82) is 0 Å². The van der Waals surface area contributed by atoms with Crippen LogP contribution in [0.15, 0.2) is 54.6 Å². The van der Waals surface area contributed by atoms with E-state index in [1.807, 2.05) is 6.07 Å². The van der Waals surface area contributed by atoms with Crippen LogP contribution < -0.4 is 10.5 Å². The Labute approximate surface area is 108 Å². The van der Waals surface area contributed by atoms with Crippen molar-refractivity contribution in [3.8, 4) is 11.5 Å². The molecule has 0 saturated carbocycles. The minimum absolute atomic E-state index is 0.267. The first-order valence-corrected chi connectivity index (χ1v) is 5.22. The normalized spacial score (nSPS) is 10.3. The fraction of sp³-hybridized carbons (Fsp3) is 0.0769. The summed E-state index contributed by atoms with van der Waals surface area (Å²) in [6, 6.07) is 13.7. The fourth-order valence-corrected chi connectivity index (χ4v) is 1.10. The lowest BCUT2D eigenvalue weighted by atomic mass is 10.3. The molecule has 3 nitrogen and oxygen atoms in total. The monoisotopic (exact) mass is 271 g/mol. The average Bonchev–Trinajstić information content (AvgIpc) is 2.32. The molecule has 0 spiro atoms. The van der Waals surface area contributed by atoms with Crippen LogP contribution in [0, 0.1) is 0 Å². The molecule has 0 unspecified atom stereocenters. The molecule has 0 bridgehead atoms. The van der Waals surface area contributed by atoms with Crippen molar-refractivity contribution in [3.05, 3.63) is 54.6 Å². The average molecular weight is 271 g/mol. The zero-order valence-electron chi connectivity index (χ0n) is 9.76. The number of halogens is 3. The highest BCUT2D eigenvalue weighted by atomic mass is 19.4. The maximum Gasteiger partial charge on any atom is 0.573 e. The van der Waals surface area contributed by atoms with Gasteiger partial charge in [0.1, 0.15) is 11.5 Å². The number of para-hydroxylation sites is 1. The number of hydrogen-bond donors (Lipinski definition) is 2. The highest BCUT2D eigenvalue weighted by Crippen LogP contribution is 2.22. The van der Waals surface area contributed by atoms with Crippen LogP contribution in [-0.2, 0) is 0 Å². The number of nitrogens with two attached hydrogens (primary N) is 1. The van der Waals surface area contributed by atoms with Gasteiger partial charge in [0.05, 0.1) is 0 Å². The highest BCUT2D eigenvalue weighted by Gasteiger charge is 2.30. The molecule has 0 aliphatic carbocycles. The molecule has 2 aromatic carbocycles. The molecule has 0 saturated heterocycles. The first-order valence-electron chi connectivity index (χ1n) is 5.22. The number of alkyl halides is 3. The third kappa shape index (κ3) is 6.82. The number of ether oxygens (including phenoxy) is 1. The Bertz CT molecular complexity index is 483. The molecule has 0 aliphatic heterocycles. The summed E-state index contributed by atoms with van der Waals surface area (Å²) in [6.45, 7) is 0. The predicted octanol–water partition coefficient (Wildman–Crippen LogP) is 3.56. The Morgan fingerprint density at radius 3 is 1.79 bits per heavy atom. The maximum atomic E-state index is 11.6. The summed E-state index contributed by atoms with van der Waals surface area (Å²) in [6.07, 6.45) is -4.64. The van der Waals surface area contributed by atoms with E-state index >= 15 is 0 Å². The molecule has 0 radical (unpaired) electrons. The number of benzene rings is 2. The van der Waals surface area contributed by atoms with E-state index in [-0.39, 0.29) is 5.75 Å². The van der Waals surface area contributed by atoms with Crippen molar-refractivity contribution in [2.75, 3.05) is 5.73 Å². The topological polar surface area (TPSA) is 55.5 Å². The third-order valence-corrected chi connectivity index (χ3v) is 1.87. The maximum absolute atomic E-state index is 11.6. The number of aromatic hydroxyl groups is 1. The lowest BCUT2D eigenvalue weighted by Gasteiger charge is -2.07. The molecule has 19 heavy (non-hydrogen) atoms. The van der Waals surface area contributed by atoms with Crippen molar-refractivity contribution >= 4 is 5.69 Å². The minimum atomic E-state index is -4.64. The van der Waals surface area contributed by atoms with E-state index < -0.39 is 6.36 Å². The molecule has 6 heteroatoms. The van der Waals surface area contributed by atoms with Gasteiger partial charge in [0.25, 0.3) is 0 Å². The zero-order valence-corrected chi connectivity index (χ0v) is 9.76. The van der Waals surface area contributed by atoms with E-state index in [0.29, 0.717) is 11.4 Å². The van der Waals surface area contributed by atoms with E-state index in [2.05, 4.69) is 4.74 Å². The summed E-state index contributed by atoms with van der Waals surface area (Å²) < 4.78 is 38.4. The van der Waals surface area contributed by atoms with E-state index in [1.165, 1.54) is 12.1 Å². The van der Waals surface area contributed by atoms with Gasteiger partial charge in [-0.15, -0.1) is 13.2 Å². The van der Waals surface area contributed by atoms with Crippen LogP contribution in [0.1, 0.15) is 0 Å². The third-order valence-electron chi connectivity index (χ3n) is 1.87. The van der Waals surface area contributed by atoms with Crippen molar-refractivity contribution in [3.63, 3.8) is 0 Å². The largest absolute Gasteiger partial charge is 0.573 e. The second-order valence-electron chi connectivity index (χ2n) is 3.45. The number of nitrogen functional groups attached to an aromatic ring is 1. The van der Waals surface area contributed by atoms with Gasteiger partial charge < -0.3 is 15.6 Å². The Balaban J connectivity index is 0.000000218. The zero-order chi connectivity index (χ0) is 14.3. The summed E-state index contributed by atoms with van der Waals surface area (Å²) in [5, 5.41) is 8.63. The second kappa shape index (κ2) is 6.53. The lowest BCUT2D eigenvalue weighted by Crippen LogP contribution is -2.16. The number of phenolic OH excluding ortho intramolecular Hbond substituents is 1. The summed E-state index contributed by atoms with van der Waals surface area (Å²) in [5.74, 6) is 0.0548. The van der Waals surface area contributed by atoms with E-state index in [0.717, 1.165) is 12.1 Å². The molecule has 3 N–H and O–H groups in total. The smallest absolute Gasteiger partial charge is 0.508 e. The van der Waals surface area contributed by atoms with Crippen molar-refractivity contribution in [1.82, 2.24) is 0 Å². The van der Waals surface area contributed by atoms with Crippen LogP contribution in [0.4, 0.5) is 18.9 Å². The molecular weight excluding hydrogens is 259 g/mol. The molecular formula is C13H12F3NO2. The van der Waals surface area contributed by atoms with Crippen LogP contribution in [-0.4, -0.2) is 11.5 Å². The molecule has 0 heterocycles. The van der Waals surface area contributed by atoms with Gasteiger partial charge in [-0.05, 0) is 36.4 Å². The SMILES string of the molecule is Nc1ccc(OC(F)(F)F)cc1.Oc1ccccc1. The highest BCUT2D eigenvalue weighted by molar-refractivity contribution is 5.41. The van der Waals surface area contributed by atoms with Crippen molar-refractivity contribution in [2.24, 2.45) is 0 Å². The van der Waals surface area contributed by atoms with Gasteiger partial charge >= 0.3 is 6.36 Å². The first kappa shape index (κ1) is 14.7. The Hall–Kier alpha value is -2.37. The quantitative estimate of drug-likeness (QED) is 0.780. The molecule has 2 aromatic rings. The number of rotatable bonds is 1. The lowest BCUT2D eigenvalue weighted by molar-refractivity contribution is -0.274. The van der Waals surface area contributed by atoms with E-state index in [4.69, 9.17) is 10.8 Å². The van der Waals surface area contributed by atoms with Crippen LogP contribution in [0.3, 0.4) is 0 Å². The van der Waals surface area contributed by atoms with Gasteiger partial charge in [0.15, 0.2) is 0 Å². The molecule has 102 valence electrons. The molecule has 0 aromatic heterocycles. The summed E-state index contributed by atoms with van der Waals surface area (Å²) in [5.41, 5.74) is 5.65. The van der Waals surface area contributed by atoms with Crippen molar-refractivity contribution in [2.45, 2.75) is 6.36 Å². The Kier molecular flexibility index (Phi) is 5.05. The van der Waals surface area contributed by atoms with Crippen molar-refractivity contribution < 1.29 is 23.0 Å². The van der Waals surface area contributed by atoms with Gasteiger partial charge in [-0.1, -0.05) is 18.2 Å². The summed E-state index contributed by atoms with van der Waals surface area (Å²) in [7, 11) is 0. The van der Waals surface area contributed by atoms with Gasteiger partial charge in [0, 0.05) is 5.69 Å². The fourth-order valence-electron chi connectivity index (χ4n) is 1.10.